The predicted octanol–water partition coefficient (Wildman–Crippen LogP) is 2.49. The molecule has 1 aromatic heterocycles. The molecule has 138 valence electrons. The van der Waals surface area contributed by atoms with Gasteiger partial charge in [-0.1, -0.05) is 17.7 Å². The molecule has 3 rings (SSSR count). The number of hydrogen-bond acceptors (Lipinski definition) is 5. The molecule has 0 aliphatic heterocycles. The number of ketones is 1. The molecule has 2 aromatic carbocycles. The first-order valence-electron chi connectivity index (χ1n) is 8.18. The van der Waals surface area contributed by atoms with Crippen LogP contribution in [0.1, 0.15) is 22.8 Å². The van der Waals surface area contributed by atoms with Crippen LogP contribution < -0.4 is 15.6 Å². The van der Waals surface area contributed by atoms with Gasteiger partial charge in [-0.05, 0) is 59.8 Å². The number of thioether (sulfide) groups is 1. The number of aromatic nitrogens is 2. The van der Waals surface area contributed by atoms with Crippen molar-refractivity contribution in [3.05, 3.63) is 70.1 Å². The maximum absolute atomic E-state index is 12.2. The summed E-state index contributed by atoms with van der Waals surface area (Å²) in [5.74, 6) is -0.280. The number of aryl methyl sites for hydroxylation is 1. The summed E-state index contributed by atoms with van der Waals surface area (Å²) in [7, 11) is 0. The summed E-state index contributed by atoms with van der Waals surface area (Å²) in [6, 6.07) is 14.2. The van der Waals surface area contributed by atoms with Crippen LogP contribution in [0.5, 0.6) is 0 Å². The number of Topliss-reactive ketones (excluding diaryl/α,β-unsaturated/α-hetero) is 1. The zero-order chi connectivity index (χ0) is 19.4. The van der Waals surface area contributed by atoms with E-state index in [9.17, 15) is 14.4 Å². The highest BCUT2D eigenvalue weighted by Gasteiger charge is 2.24. The molecule has 1 heterocycles. The van der Waals surface area contributed by atoms with Crippen LogP contribution in [-0.2, 0) is 4.79 Å². The third-order valence-corrected chi connectivity index (χ3v) is 4.84. The average Bonchev–Trinajstić information content (AvgIpc) is 3.01. The number of H-pyrrole nitrogens is 1. The number of benzene rings is 2. The molecule has 0 aliphatic rings. The molecular formula is C19H18N3O4S+. The fraction of sp³-hybridized carbons (Fsp3) is 0.158. The standard InChI is InChI=1S/C19H17N3O4S/c1-12-3-9-16(10-4-12)22-18(19(25)26-21-22)27-11-17(24)20-15-7-5-14(6-8-15)13(2)23/h3-10H,11H2,1-2H3,(H-,20,21,23,24,25)/p+1. The van der Waals surface area contributed by atoms with Crippen molar-refractivity contribution < 1.29 is 18.8 Å². The van der Waals surface area contributed by atoms with Crippen LogP contribution in [0.4, 0.5) is 5.69 Å². The minimum absolute atomic E-state index is 0.0307. The highest BCUT2D eigenvalue weighted by Crippen LogP contribution is 2.14. The summed E-state index contributed by atoms with van der Waals surface area (Å²) in [6.45, 7) is 3.45. The molecule has 3 aromatic rings. The fourth-order valence-corrected chi connectivity index (χ4v) is 3.14. The number of rotatable bonds is 6. The topological polar surface area (TPSA) is 96.0 Å². The van der Waals surface area contributed by atoms with Gasteiger partial charge < -0.3 is 5.32 Å². The first-order chi connectivity index (χ1) is 12.9. The first-order valence-corrected chi connectivity index (χ1v) is 9.17. The monoisotopic (exact) mass is 384 g/mol. The average molecular weight is 384 g/mol. The Bertz CT molecular complexity index is 1020. The zero-order valence-corrected chi connectivity index (χ0v) is 15.6. The Morgan fingerprint density at radius 1 is 1.11 bits per heavy atom. The predicted molar refractivity (Wildman–Crippen MR) is 101 cm³/mol. The van der Waals surface area contributed by atoms with E-state index in [0.29, 0.717) is 11.3 Å². The molecule has 0 aliphatic carbocycles. The van der Waals surface area contributed by atoms with Crippen molar-refractivity contribution in [3.8, 4) is 5.69 Å². The van der Waals surface area contributed by atoms with Gasteiger partial charge in [0.05, 0.1) is 5.75 Å². The van der Waals surface area contributed by atoms with Gasteiger partial charge in [0.25, 0.3) is 0 Å². The summed E-state index contributed by atoms with van der Waals surface area (Å²) in [5.41, 5.74) is 2.44. The Labute approximate surface area is 159 Å². The Balaban J connectivity index is 1.67. The van der Waals surface area contributed by atoms with Gasteiger partial charge >= 0.3 is 10.7 Å². The van der Waals surface area contributed by atoms with E-state index >= 15 is 0 Å². The lowest BCUT2D eigenvalue weighted by Gasteiger charge is -2.04. The normalized spacial score (nSPS) is 10.6. The van der Waals surface area contributed by atoms with Crippen molar-refractivity contribution in [2.24, 2.45) is 0 Å². The summed E-state index contributed by atoms with van der Waals surface area (Å²) in [4.78, 5) is 35.4. The van der Waals surface area contributed by atoms with Crippen LogP contribution in [0.3, 0.4) is 0 Å². The number of hydrogen-bond donors (Lipinski definition) is 2. The number of amides is 1. The molecule has 1 amide bonds. The van der Waals surface area contributed by atoms with Gasteiger partial charge in [0, 0.05) is 23.4 Å². The quantitative estimate of drug-likeness (QED) is 0.387. The molecule has 0 bridgehead atoms. The van der Waals surface area contributed by atoms with Crippen LogP contribution in [0.2, 0.25) is 0 Å². The number of carbonyl (C=O) groups is 2. The molecule has 0 fully saturated rings. The van der Waals surface area contributed by atoms with Gasteiger partial charge in [0.15, 0.2) is 5.78 Å². The van der Waals surface area contributed by atoms with E-state index in [2.05, 4.69) is 10.6 Å². The van der Waals surface area contributed by atoms with Gasteiger partial charge in [-0.25, -0.2) is 4.79 Å². The van der Waals surface area contributed by atoms with E-state index in [0.717, 1.165) is 23.0 Å². The van der Waals surface area contributed by atoms with Gasteiger partial charge in [0.1, 0.15) is 0 Å². The second kappa shape index (κ2) is 8.05. The number of nitrogens with one attached hydrogen (secondary N) is 2. The van der Waals surface area contributed by atoms with E-state index in [-0.39, 0.29) is 22.5 Å². The lowest BCUT2D eigenvalue weighted by atomic mass is 10.1. The smallest absolute Gasteiger partial charge is 0.325 e. The molecule has 0 atom stereocenters. The van der Waals surface area contributed by atoms with Crippen molar-refractivity contribution in [1.82, 2.24) is 5.27 Å². The summed E-state index contributed by atoms with van der Waals surface area (Å²) >= 11 is 1.07. The van der Waals surface area contributed by atoms with E-state index in [1.165, 1.54) is 11.6 Å². The number of carbonyl (C=O) groups excluding carboxylic acids is 2. The lowest BCUT2D eigenvalue weighted by molar-refractivity contribution is -0.704. The number of aromatic amines is 1. The minimum Gasteiger partial charge on any atom is -0.325 e. The minimum atomic E-state index is -0.542. The maximum Gasteiger partial charge on any atom is 0.442 e. The molecule has 0 saturated carbocycles. The summed E-state index contributed by atoms with van der Waals surface area (Å²) < 4.78 is 6.37. The van der Waals surface area contributed by atoms with E-state index in [1.54, 1.807) is 24.3 Å². The molecule has 2 N–H and O–H groups in total. The third-order valence-electron chi connectivity index (χ3n) is 3.81. The fourth-order valence-electron chi connectivity index (χ4n) is 2.37. The second-order valence-electron chi connectivity index (χ2n) is 5.93. The van der Waals surface area contributed by atoms with Crippen LogP contribution in [-0.4, -0.2) is 22.7 Å². The van der Waals surface area contributed by atoms with Gasteiger partial charge in [0.2, 0.25) is 11.6 Å². The molecular weight excluding hydrogens is 366 g/mol. The van der Waals surface area contributed by atoms with E-state index in [4.69, 9.17) is 4.52 Å². The van der Waals surface area contributed by atoms with Crippen molar-refractivity contribution >= 4 is 29.1 Å². The Morgan fingerprint density at radius 3 is 2.41 bits per heavy atom. The highest BCUT2D eigenvalue weighted by molar-refractivity contribution is 7.99. The number of anilines is 1. The summed E-state index contributed by atoms with van der Waals surface area (Å²) in [6.07, 6.45) is 0. The second-order valence-corrected chi connectivity index (χ2v) is 6.89. The largest absolute Gasteiger partial charge is 0.442 e. The van der Waals surface area contributed by atoms with E-state index < -0.39 is 5.63 Å². The van der Waals surface area contributed by atoms with Crippen molar-refractivity contribution in [1.29, 1.82) is 0 Å². The van der Waals surface area contributed by atoms with Crippen molar-refractivity contribution in [2.45, 2.75) is 18.9 Å². The Morgan fingerprint density at radius 2 is 1.78 bits per heavy atom. The van der Waals surface area contributed by atoms with E-state index in [1.807, 2.05) is 31.2 Å². The van der Waals surface area contributed by atoms with Crippen LogP contribution >= 0.6 is 11.8 Å². The van der Waals surface area contributed by atoms with Gasteiger partial charge in [-0.3, -0.25) is 14.1 Å². The molecule has 7 nitrogen and oxygen atoms in total. The van der Waals surface area contributed by atoms with Crippen LogP contribution in [0.15, 0.2) is 62.9 Å². The SMILES string of the molecule is CC(=O)c1ccc(NC(=O)CSc2c(=O)o[nH][n+]2-c2ccc(C)cc2)cc1. The molecule has 8 heteroatoms. The molecule has 0 unspecified atom stereocenters. The molecule has 0 radical (unpaired) electrons. The molecule has 27 heavy (non-hydrogen) atoms. The maximum atomic E-state index is 12.2. The van der Waals surface area contributed by atoms with Crippen molar-refractivity contribution in [2.75, 3.05) is 11.1 Å². The van der Waals surface area contributed by atoms with Crippen LogP contribution in [0, 0.1) is 6.92 Å². The van der Waals surface area contributed by atoms with Crippen molar-refractivity contribution in [3.63, 3.8) is 0 Å². The molecule has 0 spiro atoms. The Kier molecular flexibility index (Phi) is 5.56. The highest BCUT2D eigenvalue weighted by atomic mass is 32.2. The number of nitrogens with zero attached hydrogens (tertiary/aromatic N) is 1. The van der Waals surface area contributed by atoms with Crippen LogP contribution in [0.25, 0.3) is 5.69 Å². The molecule has 0 saturated heterocycles. The Hall–Kier alpha value is -3.13. The lowest BCUT2D eigenvalue weighted by Crippen LogP contribution is -2.36. The van der Waals surface area contributed by atoms with Gasteiger partial charge in [-0.2, -0.15) is 0 Å². The first kappa shape index (κ1) is 18.7. The zero-order valence-electron chi connectivity index (χ0n) is 14.8. The van der Waals surface area contributed by atoms with Gasteiger partial charge in [-0.15, -0.1) is 0 Å². The summed E-state index contributed by atoms with van der Waals surface area (Å²) in [5, 5.41) is 5.56. The third kappa shape index (κ3) is 4.53.